The number of nitrogens with one attached hydrogen (secondary N) is 1. The van der Waals surface area contributed by atoms with Crippen molar-refractivity contribution in [2.75, 3.05) is 32.7 Å². The molecular weight excluding hydrogens is 351 g/mol. The van der Waals surface area contributed by atoms with Crippen molar-refractivity contribution >= 4 is 13.1 Å². The van der Waals surface area contributed by atoms with Gasteiger partial charge < -0.3 is 30.3 Å². The number of benzene rings is 1. The molecule has 0 saturated carbocycles. The first-order valence-corrected chi connectivity index (χ1v) is 9.48. The lowest BCUT2D eigenvalue weighted by Gasteiger charge is -2.41. The number of carbonyl (C=O) groups is 1. The summed E-state index contributed by atoms with van der Waals surface area (Å²) < 4.78 is 5.83. The fourth-order valence-electron chi connectivity index (χ4n) is 3.76. The molecule has 2 heterocycles. The molecule has 0 aromatic heterocycles. The fraction of sp³-hybridized carbons (Fsp3) is 0.611. The lowest BCUT2D eigenvalue weighted by Crippen LogP contribution is -2.55. The number of carboxylic acid groups (broad SMARTS) is 1. The number of aromatic carboxylic acids is 1. The quantitative estimate of drug-likeness (QED) is 0.406. The van der Waals surface area contributed by atoms with Crippen LogP contribution < -0.4 is 10.1 Å². The van der Waals surface area contributed by atoms with Gasteiger partial charge in [0.05, 0.1) is 0 Å². The van der Waals surface area contributed by atoms with Gasteiger partial charge in [-0.2, -0.15) is 0 Å². The molecule has 8 nitrogen and oxygen atoms in total. The molecule has 2 fully saturated rings. The Bertz CT molecular complexity index is 659. The SMILES string of the molecule is O=C(O)c1c(OC2CN(CC3CCNCC3)C2)ccc(CCB(O)O)c1O. The maximum absolute atomic E-state index is 11.6. The van der Waals surface area contributed by atoms with Gasteiger partial charge >= 0.3 is 13.1 Å². The van der Waals surface area contributed by atoms with Crippen molar-refractivity contribution in [1.82, 2.24) is 10.2 Å². The summed E-state index contributed by atoms with van der Waals surface area (Å²) in [7, 11) is -1.51. The van der Waals surface area contributed by atoms with Gasteiger partial charge in [0.2, 0.25) is 0 Å². The van der Waals surface area contributed by atoms with E-state index in [1.807, 2.05) is 0 Å². The molecule has 0 unspecified atom stereocenters. The third-order valence-corrected chi connectivity index (χ3v) is 5.30. The largest absolute Gasteiger partial charge is 0.507 e. The molecule has 27 heavy (non-hydrogen) atoms. The van der Waals surface area contributed by atoms with Crippen molar-refractivity contribution in [1.29, 1.82) is 0 Å². The molecule has 2 aliphatic rings. The molecule has 0 spiro atoms. The summed E-state index contributed by atoms with van der Waals surface area (Å²) in [6.07, 6.45) is 2.46. The van der Waals surface area contributed by atoms with Gasteiger partial charge in [0.25, 0.3) is 0 Å². The van der Waals surface area contributed by atoms with Crippen LogP contribution in [0, 0.1) is 5.92 Å². The highest BCUT2D eigenvalue weighted by molar-refractivity contribution is 6.41. The summed E-state index contributed by atoms with van der Waals surface area (Å²) in [5.41, 5.74) is 0.0886. The number of piperidine rings is 1. The zero-order chi connectivity index (χ0) is 19.4. The molecular formula is C18H27BN2O6. The fourth-order valence-corrected chi connectivity index (χ4v) is 3.76. The Hall–Kier alpha value is -1.81. The van der Waals surface area contributed by atoms with Crippen LogP contribution in [0.1, 0.15) is 28.8 Å². The van der Waals surface area contributed by atoms with Crippen LogP contribution in [0.15, 0.2) is 12.1 Å². The number of nitrogens with zero attached hydrogens (tertiary/aromatic N) is 1. The van der Waals surface area contributed by atoms with Crippen LogP contribution in [0.3, 0.4) is 0 Å². The van der Waals surface area contributed by atoms with Crippen molar-refractivity contribution in [2.24, 2.45) is 5.92 Å². The zero-order valence-corrected chi connectivity index (χ0v) is 15.3. The summed E-state index contributed by atoms with van der Waals surface area (Å²) in [6.45, 7) is 4.68. The van der Waals surface area contributed by atoms with Crippen LogP contribution in [0.25, 0.3) is 0 Å². The molecule has 0 radical (unpaired) electrons. The molecule has 3 rings (SSSR count). The van der Waals surface area contributed by atoms with Crippen LogP contribution in [-0.2, 0) is 6.42 Å². The molecule has 1 aromatic rings. The van der Waals surface area contributed by atoms with Gasteiger partial charge in [-0.15, -0.1) is 0 Å². The van der Waals surface area contributed by atoms with Gasteiger partial charge in [-0.25, -0.2) is 4.79 Å². The van der Waals surface area contributed by atoms with Gasteiger partial charge in [0.15, 0.2) is 0 Å². The highest BCUT2D eigenvalue weighted by Gasteiger charge is 2.32. The molecule has 0 bridgehead atoms. The summed E-state index contributed by atoms with van der Waals surface area (Å²) in [5, 5.41) is 41.0. The number of hydrogen-bond donors (Lipinski definition) is 5. The van der Waals surface area contributed by atoms with Crippen molar-refractivity contribution < 1.29 is 29.8 Å². The molecule has 2 saturated heterocycles. The Kier molecular flexibility index (Phi) is 6.59. The van der Waals surface area contributed by atoms with Crippen LogP contribution in [0.5, 0.6) is 11.5 Å². The van der Waals surface area contributed by atoms with Crippen molar-refractivity contribution in [3.05, 3.63) is 23.3 Å². The van der Waals surface area contributed by atoms with Gasteiger partial charge in [0, 0.05) is 19.6 Å². The first-order chi connectivity index (χ1) is 12.9. The second kappa shape index (κ2) is 8.92. The number of aryl methyl sites for hydroxylation is 1. The number of hydrogen-bond acceptors (Lipinski definition) is 7. The van der Waals surface area contributed by atoms with Crippen LogP contribution in [0.2, 0.25) is 6.32 Å². The van der Waals surface area contributed by atoms with E-state index >= 15 is 0 Å². The van der Waals surface area contributed by atoms with E-state index in [9.17, 15) is 15.0 Å². The Morgan fingerprint density at radius 3 is 2.59 bits per heavy atom. The van der Waals surface area contributed by atoms with E-state index < -0.39 is 13.1 Å². The molecule has 9 heteroatoms. The molecule has 0 amide bonds. The van der Waals surface area contributed by atoms with Gasteiger partial charge in [-0.3, -0.25) is 4.90 Å². The zero-order valence-electron chi connectivity index (χ0n) is 15.3. The van der Waals surface area contributed by atoms with Crippen LogP contribution in [0.4, 0.5) is 0 Å². The van der Waals surface area contributed by atoms with E-state index in [0.29, 0.717) is 11.5 Å². The summed E-state index contributed by atoms with van der Waals surface area (Å²) in [5.74, 6) is -0.780. The van der Waals surface area contributed by atoms with E-state index in [1.54, 1.807) is 6.07 Å². The van der Waals surface area contributed by atoms with Gasteiger partial charge in [0.1, 0.15) is 23.2 Å². The Balaban J connectivity index is 1.58. The molecule has 0 atom stereocenters. The minimum atomic E-state index is -1.51. The molecule has 1 aromatic carbocycles. The monoisotopic (exact) mass is 378 g/mol. The number of rotatable bonds is 8. The second-order valence-corrected chi connectivity index (χ2v) is 7.42. The smallest absolute Gasteiger partial charge is 0.451 e. The summed E-state index contributed by atoms with van der Waals surface area (Å²) in [6, 6.07) is 3.11. The Morgan fingerprint density at radius 2 is 1.96 bits per heavy atom. The van der Waals surface area contributed by atoms with Crippen LogP contribution in [-0.4, -0.2) is 77.1 Å². The first kappa shape index (κ1) is 19.9. The van der Waals surface area contributed by atoms with Crippen molar-refractivity contribution in [2.45, 2.75) is 31.7 Å². The standard InChI is InChI=1S/C18H27BN2O6/c22-17-13(3-6-19(25)26)1-2-15(16(17)18(23)24)27-14-10-21(11-14)9-12-4-7-20-8-5-12/h1-2,12,14,20,22,25-26H,3-11H2,(H,23,24). The van der Waals surface area contributed by atoms with E-state index in [2.05, 4.69) is 10.2 Å². The summed E-state index contributed by atoms with van der Waals surface area (Å²) >= 11 is 0. The number of aromatic hydroxyl groups is 1. The average molecular weight is 378 g/mol. The highest BCUT2D eigenvalue weighted by Crippen LogP contribution is 2.34. The molecule has 5 N–H and O–H groups in total. The number of phenols is 1. The average Bonchev–Trinajstić information content (AvgIpc) is 2.59. The maximum Gasteiger partial charge on any atom is 0.451 e. The number of likely N-dealkylation sites (tertiary alicyclic amines) is 1. The number of ether oxygens (including phenoxy) is 1. The minimum Gasteiger partial charge on any atom is -0.507 e. The normalized spacial score (nSPS) is 18.9. The summed E-state index contributed by atoms with van der Waals surface area (Å²) in [4.78, 5) is 13.9. The van der Waals surface area contributed by atoms with Crippen LogP contribution >= 0.6 is 0 Å². The van der Waals surface area contributed by atoms with Gasteiger partial charge in [-0.1, -0.05) is 6.07 Å². The van der Waals surface area contributed by atoms with E-state index in [4.69, 9.17) is 14.8 Å². The lowest BCUT2D eigenvalue weighted by molar-refractivity contribution is 0.00647. The predicted octanol–water partition coefficient (Wildman–Crippen LogP) is 0.168. The third kappa shape index (κ3) is 5.13. The first-order valence-electron chi connectivity index (χ1n) is 9.48. The Labute approximate surface area is 158 Å². The molecule has 148 valence electrons. The van der Waals surface area contributed by atoms with E-state index in [1.165, 1.54) is 18.9 Å². The maximum atomic E-state index is 11.6. The highest BCUT2D eigenvalue weighted by atomic mass is 16.5. The molecule has 2 aliphatic heterocycles. The Morgan fingerprint density at radius 1 is 1.26 bits per heavy atom. The van der Waals surface area contributed by atoms with E-state index in [-0.39, 0.29) is 35.9 Å². The van der Waals surface area contributed by atoms with E-state index in [0.717, 1.165) is 32.7 Å². The third-order valence-electron chi connectivity index (χ3n) is 5.30. The predicted molar refractivity (Wildman–Crippen MR) is 100 cm³/mol. The molecule has 0 aliphatic carbocycles. The second-order valence-electron chi connectivity index (χ2n) is 7.42. The topological polar surface area (TPSA) is 122 Å². The minimum absolute atomic E-state index is 0.0150. The lowest BCUT2D eigenvalue weighted by atomic mass is 9.82. The van der Waals surface area contributed by atoms with Crippen molar-refractivity contribution in [3.8, 4) is 11.5 Å². The van der Waals surface area contributed by atoms with Crippen molar-refractivity contribution in [3.63, 3.8) is 0 Å². The van der Waals surface area contributed by atoms with Gasteiger partial charge in [-0.05, 0) is 56.2 Å². The number of carboxylic acids is 1.